The fraction of sp³-hybridized carbons (Fsp3) is 0.238. The number of esters is 1. The Hall–Kier alpha value is -3.99. The number of anilines is 2. The summed E-state index contributed by atoms with van der Waals surface area (Å²) in [6, 6.07) is 11.8. The van der Waals surface area contributed by atoms with Crippen LogP contribution in [0.25, 0.3) is 0 Å². The third-order valence-corrected chi connectivity index (χ3v) is 5.18. The van der Waals surface area contributed by atoms with Gasteiger partial charge >= 0.3 is 17.8 Å². The third-order valence-electron chi connectivity index (χ3n) is 5.18. The normalized spacial score (nSPS) is 17.9. The van der Waals surface area contributed by atoms with Gasteiger partial charge in [-0.25, -0.2) is 9.18 Å². The molecule has 166 valence electrons. The standard InChI is InChI=1S/C21H20FN5O5/c1-32-20(31)13-2-6-15(7-3-13)23-17(28)12-27-19(30)18(29)26-11-10-25(21(26)24-27)16-8-4-14(22)5-9-16/h2-9,21,24H,10-12H2,1H3,(H,23,28). The number of hydrogen-bond donors (Lipinski definition) is 2. The lowest BCUT2D eigenvalue weighted by Gasteiger charge is -2.40. The van der Waals surface area contributed by atoms with E-state index in [4.69, 9.17) is 0 Å². The number of carbonyl (C=O) groups excluding carboxylic acids is 4. The summed E-state index contributed by atoms with van der Waals surface area (Å²) in [5.74, 6) is -3.00. The van der Waals surface area contributed by atoms with Crippen LogP contribution < -0.4 is 15.6 Å². The molecule has 2 aromatic rings. The molecule has 2 aliphatic rings. The SMILES string of the molecule is COC(=O)c1ccc(NC(=O)CN2NC3N(CCN3c3ccc(F)cc3)C(=O)C2=O)cc1. The fourth-order valence-corrected chi connectivity index (χ4v) is 3.59. The van der Waals surface area contributed by atoms with Gasteiger partial charge < -0.3 is 15.0 Å². The maximum Gasteiger partial charge on any atom is 0.337 e. The van der Waals surface area contributed by atoms with E-state index >= 15 is 0 Å². The molecular formula is C21H20FN5O5. The number of benzene rings is 2. The van der Waals surface area contributed by atoms with Crippen molar-refractivity contribution in [1.82, 2.24) is 15.3 Å². The number of hydrazine groups is 1. The van der Waals surface area contributed by atoms with Gasteiger partial charge in [0.2, 0.25) is 5.91 Å². The van der Waals surface area contributed by atoms with Crippen LogP contribution in [0.2, 0.25) is 0 Å². The maximum absolute atomic E-state index is 13.3. The van der Waals surface area contributed by atoms with Crippen LogP contribution in [0, 0.1) is 5.82 Å². The molecule has 0 bridgehead atoms. The van der Waals surface area contributed by atoms with E-state index in [1.165, 1.54) is 48.4 Å². The molecule has 2 aromatic carbocycles. The lowest BCUT2D eigenvalue weighted by molar-refractivity contribution is -0.163. The molecule has 2 heterocycles. The fourth-order valence-electron chi connectivity index (χ4n) is 3.59. The molecule has 4 rings (SSSR count). The summed E-state index contributed by atoms with van der Waals surface area (Å²) in [6.45, 7) is 0.339. The first kappa shape index (κ1) is 21.2. The average molecular weight is 441 g/mol. The predicted molar refractivity (Wildman–Crippen MR) is 111 cm³/mol. The maximum atomic E-state index is 13.3. The summed E-state index contributed by atoms with van der Waals surface area (Å²) in [7, 11) is 1.27. The van der Waals surface area contributed by atoms with Crippen LogP contribution in [0.4, 0.5) is 15.8 Å². The number of halogens is 1. The Bertz CT molecular complexity index is 1060. The van der Waals surface area contributed by atoms with Crippen molar-refractivity contribution in [3.05, 3.63) is 59.9 Å². The molecule has 10 nitrogen and oxygen atoms in total. The zero-order valence-electron chi connectivity index (χ0n) is 17.1. The number of hydrogen-bond acceptors (Lipinski definition) is 7. The summed E-state index contributed by atoms with van der Waals surface area (Å²) in [4.78, 5) is 52.2. The lowest BCUT2D eigenvalue weighted by Crippen LogP contribution is -2.68. The van der Waals surface area contributed by atoms with E-state index in [2.05, 4.69) is 15.5 Å². The van der Waals surface area contributed by atoms with Crippen molar-refractivity contribution in [2.24, 2.45) is 0 Å². The number of amides is 3. The lowest BCUT2D eigenvalue weighted by atomic mass is 10.2. The molecular weight excluding hydrogens is 421 g/mol. The molecule has 0 saturated carbocycles. The first-order valence-electron chi connectivity index (χ1n) is 9.76. The smallest absolute Gasteiger partial charge is 0.337 e. The molecule has 32 heavy (non-hydrogen) atoms. The Balaban J connectivity index is 1.43. The van der Waals surface area contributed by atoms with Crippen molar-refractivity contribution in [1.29, 1.82) is 0 Å². The van der Waals surface area contributed by atoms with E-state index in [1.54, 1.807) is 17.0 Å². The van der Waals surface area contributed by atoms with E-state index in [0.717, 1.165) is 5.01 Å². The highest BCUT2D eigenvalue weighted by Crippen LogP contribution is 2.25. The minimum Gasteiger partial charge on any atom is -0.465 e. The van der Waals surface area contributed by atoms with Crippen molar-refractivity contribution in [3.8, 4) is 0 Å². The number of ether oxygens (including phenoxy) is 1. The van der Waals surface area contributed by atoms with Gasteiger partial charge in [-0.2, -0.15) is 5.43 Å². The molecule has 0 spiro atoms. The number of carbonyl (C=O) groups is 4. The van der Waals surface area contributed by atoms with Crippen molar-refractivity contribution < 1.29 is 28.3 Å². The number of fused-ring (bicyclic) bond motifs is 1. The Morgan fingerprint density at radius 2 is 1.69 bits per heavy atom. The number of rotatable bonds is 5. The minimum absolute atomic E-state index is 0.312. The Morgan fingerprint density at radius 1 is 1.03 bits per heavy atom. The molecule has 1 atom stereocenters. The predicted octanol–water partition coefficient (Wildman–Crippen LogP) is 0.530. The summed E-state index contributed by atoms with van der Waals surface area (Å²) >= 11 is 0. The van der Waals surface area contributed by atoms with Crippen molar-refractivity contribution in [2.45, 2.75) is 6.29 Å². The van der Waals surface area contributed by atoms with Crippen molar-refractivity contribution >= 4 is 35.1 Å². The number of nitrogens with one attached hydrogen (secondary N) is 2. The van der Waals surface area contributed by atoms with E-state index in [9.17, 15) is 23.6 Å². The van der Waals surface area contributed by atoms with E-state index in [1.807, 2.05) is 0 Å². The van der Waals surface area contributed by atoms with Gasteiger partial charge in [-0.05, 0) is 48.5 Å². The van der Waals surface area contributed by atoms with Crippen LogP contribution in [0.3, 0.4) is 0 Å². The van der Waals surface area contributed by atoms with Crippen LogP contribution in [0.1, 0.15) is 10.4 Å². The minimum atomic E-state index is -0.849. The van der Waals surface area contributed by atoms with Gasteiger partial charge in [-0.1, -0.05) is 0 Å². The monoisotopic (exact) mass is 441 g/mol. The molecule has 0 aliphatic carbocycles. The van der Waals surface area contributed by atoms with Crippen LogP contribution in [0.15, 0.2) is 48.5 Å². The summed E-state index contributed by atoms with van der Waals surface area (Å²) in [5.41, 5.74) is 4.31. The van der Waals surface area contributed by atoms with E-state index < -0.39 is 36.5 Å². The van der Waals surface area contributed by atoms with Crippen LogP contribution >= 0.6 is 0 Å². The molecule has 0 radical (unpaired) electrons. The second-order valence-corrected chi connectivity index (χ2v) is 7.18. The second-order valence-electron chi connectivity index (χ2n) is 7.18. The molecule has 2 aliphatic heterocycles. The highest BCUT2D eigenvalue weighted by molar-refractivity contribution is 6.35. The first-order chi connectivity index (χ1) is 15.4. The Kier molecular flexibility index (Phi) is 5.73. The molecule has 0 aromatic heterocycles. The van der Waals surface area contributed by atoms with Crippen LogP contribution in [-0.2, 0) is 19.1 Å². The van der Waals surface area contributed by atoms with Crippen LogP contribution in [-0.4, -0.2) is 66.6 Å². The first-order valence-corrected chi connectivity index (χ1v) is 9.76. The highest BCUT2D eigenvalue weighted by Gasteiger charge is 2.45. The van der Waals surface area contributed by atoms with Crippen molar-refractivity contribution in [3.63, 3.8) is 0 Å². The Labute approximate surface area is 182 Å². The Morgan fingerprint density at radius 3 is 2.34 bits per heavy atom. The van der Waals surface area contributed by atoms with Crippen LogP contribution in [0.5, 0.6) is 0 Å². The molecule has 2 N–H and O–H groups in total. The molecule has 2 saturated heterocycles. The quantitative estimate of drug-likeness (QED) is 0.514. The van der Waals surface area contributed by atoms with Gasteiger partial charge in [0.25, 0.3) is 0 Å². The summed E-state index contributed by atoms with van der Waals surface area (Å²) in [5, 5.41) is 3.57. The largest absolute Gasteiger partial charge is 0.465 e. The van der Waals surface area contributed by atoms with Gasteiger partial charge in [0.05, 0.1) is 12.7 Å². The second kappa shape index (κ2) is 8.63. The number of methoxy groups -OCH3 is 1. The summed E-state index contributed by atoms with van der Waals surface area (Å²) < 4.78 is 17.9. The van der Waals surface area contributed by atoms with Gasteiger partial charge in [0.1, 0.15) is 12.4 Å². The zero-order valence-corrected chi connectivity index (χ0v) is 17.1. The summed E-state index contributed by atoms with van der Waals surface area (Å²) in [6.07, 6.45) is -0.683. The topological polar surface area (TPSA) is 111 Å². The highest BCUT2D eigenvalue weighted by atomic mass is 19.1. The zero-order chi connectivity index (χ0) is 22.8. The molecule has 1 unspecified atom stereocenters. The van der Waals surface area contributed by atoms with Gasteiger partial charge in [0, 0.05) is 24.5 Å². The molecule has 2 fully saturated rings. The van der Waals surface area contributed by atoms with Crippen molar-refractivity contribution in [2.75, 3.05) is 37.0 Å². The molecule has 11 heteroatoms. The average Bonchev–Trinajstić information content (AvgIpc) is 3.21. The number of nitrogens with zero attached hydrogens (tertiary/aromatic N) is 3. The van der Waals surface area contributed by atoms with Gasteiger partial charge in [0.15, 0.2) is 6.29 Å². The third kappa shape index (κ3) is 4.10. The van der Waals surface area contributed by atoms with Gasteiger partial charge in [-0.15, -0.1) is 0 Å². The van der Waals surface area contributed by atoms with E-state index in [-0.39, 0.29) is 5.82 Å². The van der Waals surface area contributed by atoms with Gasteiger partial charge in [-0.3, -0.25) is 24.3 Å². The van der Waals surface area contributed by atoms with E-state index in [0.29, 0.717) is 30.0 Å². The molecule has 3 amide bonds.